The fraction of sp³-hybridized carbons (Fsp3) is 0.692. The van der Waals surface area contributed by atoms with Gasteiger partial charge in [0.25, 0.3) is 0 Å². The lowest BCUT2D eigenvalue weighted by atomic mass is 10.1. The molecule has 1 aliphatic heterocycles. The van der Waals surface area contributed by atoms with Crippen LogP contribution in [0.3, 0.4) is 0 Å². The van der Waals surface area contributed by atoms with Gasteiger partial charge in [-0.1, -0.05) is 0 Å². The number of nitrogens with zero attached hydrogens (tertiary/aromatic N) is 1. The van der Waals surface area contributed by atoms with Crippen LogP contribution < -0.4 is 5.32 Å². The predicted octanol–water partition coefficient (Wildman–Crippen LogP) is 1.85. The lowest BCUT2D eigenvalue weighted by Crippen LogP contribution is -2.27. The van der Waals surface area contributed by atoms with E-state index in [-0.39, 0.29) is 5.91 Å². The van der Waals surface area contributed by atoms with Gasteiger partial charge in [-0.2, -0.15) is 0 Å². The van der Waals surface area contributed by atoms with Gasteiger partial charge in [-0.15, -0.1) is 11.3 Å². The highest BCUT2D eigenvalue weighted by atomic mass is 32.1. The second-order valence-electron chi connectivity index (χ2n) is 4.78. The summed E-state index contributed by atoms with van der Waals surface area (Å²) in [5, 5.41) is 4.06. The molecule has 0 aromatic carbocycles. The summed E-state index contributed by atoms with van der Waals surface area (Å²) < 4.78 is 5.26. The molecule has 100 valence electrons. The number of carbonyl (C=O) groups excluding carboxylic acids is 1. The first-order valence-corrected chi connectivity index (χ1v) is 7.24. The Morgan fingerprint density at radius 3 is 3.00 bits per heavy atom. The summed E-state index contributed by atoms with van der Waals surface area (Å²) in [5.74, 6) is 0.546. The van der Waals surface area contributed by atoms with Crippen molar-refractivity contribution < 1.29 is 9.53 Å². The maximum Gasteiger partial charge on any atom is 0.220 e. The number of hydrogen-bond acceptors (Lipinski definition) is 4. The third-order valence-corrected chi connectivity index (χ3v) is 4.36. The lowest BCUT2D eigenvalue weighted by Gasteiger charge is -2.07. The number of aryl methyl sites for hydroxylation is 2. The van der Waals surface area contributed by atoms with Gasteiger partial charge >= 0.3 is 0 Å². The monoisotopic (exact) mass is 268 g/mol. The Balaban J connectivity index is 1.66. The Morgan fingerprint density at radius 1 is 1.56 bits per heavy atom. The molecule has 1 atom stereocenters. The number of ether oxygens (including phenoxy) is 1. The maximum atomic E-state index is 11.7. The van der Waals surface area contributed by atoms with Gasteiger partial charge in [0.1, 0.15) is 0 Å². The molecule has 0 aliphatic carbocycles. The Bertz CT molecular complexity index is 392. The van der Waals surface area contributed by atoms with Crippen molar-refractivity contribution >= 4 is 17.2 Å². The Morgan fingerprint density at radius 2 is 2.39 bits per heavy atom. The van der Waals surface area contributed by atoms with Crippen LogP contribution in [0.2, 0.25) is 0 Å². The van der Waals surface area contributed by atoms with Crippen LogP contribution in [0, 0.1) is 19.8 Å². The van der Waals surface area contributed by atoms with E-state index in [1.807, 2.05) is 6.92 Å². The molecule has 0 spiro atoms. The van der Waals surface area contributed by atoms with Crippen LogP contribution in [0.15, 0.2) is 0 Å². The quantitative estimate of drug-likeness (QED) is 0.886. The summed E-state index contributed by atoms with van der Waals surface area (Å²) in [6, 6.07) is 0. The molecule has 5 heteroatoms. The zero-order valence-corrected chi connectivity index (χ0v) is 11.8. The molecule has 1 aromatic rings. The molecule has 2 rings (SSSR count). The molecule has 1 N–H and O–H groups in total. The van der Waals surface area contributed by atoms with E-state index < -0.39 is 0 Å². The Labute approximate surface area is 112 Å². The van der Waals surface area contributed by atoms with E-state index >= 15 is 0 Å². The van der Waals surface area contributed by atoms with E-state index in [2.05, 4.69) is 17.2 Å². The summed E-state index contributed by atoms with van der Waals surface area (Å²) in [4.78, 5) is 17.4. The molecule has 4 nitrogen and oxygen atoms in total. The molecule has 0 radical (unpaired) electrons. The minimum atomic E-state index is 0.135. The number of carbonyl (C=O) groups is 1. The molecule has 1 saturated heterocycles. The third-order valence-electron chi connectivity index (χ3n) is 3.23. The van der Waals surface area contributed by atoms with Crippen LogP contribution in [0.4, 0.5) is 0 Å². The van der Waals surface area contributed by atoms with Crippen LogP contribution in [0.1, 0.15) is 28.4 Å². The van der Waals surface area contributed by atoms with Crippen molar-refractivity contribution in [2.45, 2.75) is 33.1 Å². The van der Waals surface area contributed by atoms with Gasteiger partial charge < -0.3 is 10.1 Å². The van der Waals surface area contributed by atoms with Gasteiger partial charge in [0.15, 0.2) is 0 Å². The highest BCUT2D eigenvalue weighted by Crippen LogP contribution is 2.17. The molecular weight excluding hydrogens is 248 g/mol. The highest BCUT2D eigenvalue weighted by Gasteiger charge is 2.18. The summed E-state index contributed by atoms with van der Waals surface area (Å²) in [5.41, 5.74) is 1.10. The van der Waals surface area contributed by atoms with Crippen molar-refractivity contribution in [3.8, 4) is 0 Å². The van der Waals surface area contributed by atoms with Crippen molar-refractivity contribution in [3.05, 3.63) is 15.6 Å². The molecule has 18 heavy (non-hydrogen) atoms. The third kappa shape index (κ3) is 3.78. The van der Waals surface area contributed by atoms with Crippen LogP contribution in [-0.4, -0.2) is 30.6 Å². The van der Waals surface area contributed by atoms with Crippen LogP contribution in [0.25, 0.3) is 0 Å². The fourth-order valence-corrected chi connectivity index (χ4v) is 2.97. The normalized spacial score (nSPS) is 19.1. The lowest BCUT2D eigenvalue weighted by molar-refractivity contribution is -0.122. The SMILES string of the molecule is Cc1nc(CCNC(=O)C[C@H]2CCOC2)sc1C. The smallest absolute Gasteiger partial charge is 0.220 e. The molecular formula is C13H20N2O2S. The molecule has 0 saturated carbocycles. The van der Waals surface area contributed by atoms with Gasteiger partial charge in [-0.05, 0) is 26.2 Å². The molecule has 1 aromatic heterocycles. The topological polar surface area (TPSA) is 51.2 Å². The largest absolute Gasteiger partial charge is 0.381 e. The fourth-order valence-electron chi connectivity index (χ4n) is 2.03. The van der Waals surface area contributed by atoms with Gasteiger partial charge in [0.2, 0.25) is 5.91 Å². The maximum absolute atomic E-state index is 11.7. The first-order chi connectivity index (χ1) is 8.65. The van der Waals surface area contributed by atoms with Crippen LogP contribution in [-0.2, 0) is 16.0 Å². The molecule has 1 aliphatic rings. The average Bonchev–Trinajstić information content (AvgIpc) is 2.90. The number of amides is 1. The highest BCUT2D eigenvalue weighted by molar-refractivity contribution is 7.11. The van der Waals surface area contributed by atoms with E-state index in [1.165, 1.54) is 4.88 Å². The van der Waals surface area contributed by atoms with E-state index in [9.17, 15) is 4.79 Å². The Hall–Kier alpha value is -0.940. The number of thiazole rings is 1. The number of hydrogen-bond donors (Lipinski definition) is 1. The summed E-state index contributed by atoms with van der Waals surface area (Å²) in [6.45, 7) is 6.32. The minimum absolute atomic E-state index is 0.135. The molecule has 2 heterocycles. The predicted molar refractivity (Wildman–Crippen MR) is 71.8 cm³/mol. The van der Waals surface area contributed by atoms with E-state index in [4.69, 9.17) is 4.74 Å². The number of aromatic nitrogens is 1. The number of nitrogens with one attached hydrogen (secondary N) is 1. The zero-order valence-electron chi connectivity index (χ0n) is 11.0. The van der Waals surface area contributed by atoms with Gasteiger partial charge in [0, 0.05) is 37.5 Å². The van der Waals surface area contributed by atoms with E-state index in [0.717, 1.165) is 36.8 Å². The summed E-state index contributed by atoms with van der Waals surface area (Å²) in [7, 11) is 0. The standard InChI is InChI=1S/C13H20N2O2S/c1-9-10(2)18-13(15-9)3-5-14-12(16)7-11-4-6-17-8-11/h11H,3-8H2,1-2H3,(H,14,16)/t11-/m1/s1. The second-order valence-corrected chi connectivity index (χ2v) is 6.07. The minimum Gasteiger partial charge on any atom is -0.381 e. The first-order valence-electron chi connectivity index (χ1n) is 6.42. The van der Waals surface area contributed by atoms with Gasteiger partial charge in [-0.3, -0.25) is 4.79 Å². The average molecular weight is 268 g/mol. The van der Waals surface area contributed by atoms with E-state index in [1.54, 1.807) is 11.3 Å². The summed E-state index contributed by atoms with van der Waals surface area (Å²) in [6.07, 6.45) is 2.43. The van der Waals surface area contributed by atoms with Crippen molar-refractivity contribution in [3.63, 3.8) is 0 Å². The van der Waals surface area contributed by atoms with Gasteiger partial charge in [0.05, 0.1) is 10.7 Å². The molecule has 0 unspecified atom stereocenters. The number of rotatable bonds is 5. The molecule has 1 fully saturated rings. The van der Waals surface area contributed by atoms with Crippen molar-refractivity contribution in [1.82, 2.24) is 10.3 Å². The van der Waals surface area contributed by atoms with Crippen molar-refractivity contribution in [2.24, 2.45) is 5.92 Å². The first kappa shape index (κ1) is 13.5. The van der Waals surface area contributed by atoms with Gasteiger partial charge in [-0.25, -0.2) is 4.98 Å². The Kier molecular flexibility index (Phi) is 4.72. The molecule has 0 bridgehead atoms. The van der Waals surface area contributed by atoms with Crippen molar-refractivity contribution in [2.75, 3.05) is 19.8 Å². The second kappa shape index (κ2) is 6.29. The molecule has 1 amide bonds. The zero-order chi connectivity index (χ0) is 13.0. The van der Waals surface area contributed by atoms with E-state index in [0.29, 0.717) is 18.9 Å². The van der Waals surface area contributed by atoms with Crippen molar-refractivity contribution in [1.29, 1.82) is 0 Å². The van der Waals surface area contributed by atoms with Crippen LogP contribution >= 0.6 is 11.3 Å². The summed E-state index contributed by atoms with van der Waals surface area (Å²) >= 11 is 1.72. The van der Waals surface area contributed by atoms with Crippen LogP contribution in [0.5, 0.6) is 0 Å².